The highest BCUT2D eigenvalue weighted by Gasteiger charge is 2.41. The van der Waals surface area contributed by atoms with Crippen molar-refractivity contribution in [1.82, 2.24) is 5.32 Å². The Bertz CT molecular complexity index is 348. The molecule has 21 heavy (non-hydrogen) atoms. The van der Waals surface area contributed by atoms with Crippen molar-refractivity contribution >= 4 is 11.9 Å². The number of esters is 1. The first-order chi connectivity index (χ1) is 9.97. The Kier molecular flexibility index (Phi) is 7.61. The Hall–Kier alpha value is -1.20. The molecule has 0 aromatic heterocycles. The summed E-state index contributed by atoms with van der Waals surface area (Å²) < 4.78 is 32.0. The predicted molar refractivity (Wildman–Crippen MR) is 75.1 cm³/mol. The third-order valence-corrected chi connectivity index (χ3v) is 3.67. The van der Waals surface area contributed by atoms with Crippen LogP contribution in [0.4, 0.5) is 8.78 Å². The molecule has 1 amide bonds. The van der Waals surface area contributed by atoms with Gasteiger partial charge in [0.05, 0.1) is 6.61 Å². The maximum atomic E-state index is 13.7. The van der Waals surface area contributed by atoms with E-state index in [2.05, 4.69) is 17.0 Å². The van der Waals surface area contributed by atoms with Gasteiger partial charge >= 0.3 is 11.9 Å². The van der Waals surface area contributed by atoms with Crippen LogP contribution in [0.5, 0.6) is 0 Å². The lowest BCUT2D eigenvalue weighted by Gasteiger charge is -2.17. The highest BCUT2D eigenvalue weighted by molar-refractivity contribution is 5.89. The van der Waals surface area contributed by atoms with Crippen LogP contribution >= 0.6 is 0 Å². The van der Waals surface area contributed by atoms with Gasteiger partial charge in [0.1, 0.15) is 6.04 Å². The predicted octanol–water partition coefficient (Wildman–Crippen LogP) is 3.19. The molecule has 0 aliphatic carbocycles. The molecule has 1 atom stereocenters. The molecule has 0 aromatic rings. The summed E-state index contributed by atoms with van der Waals surface area (Å²) in [6.07, 6.45) is 6.27. The lowest BCUT2D eigenvalue weighted by Crippen LogP contribution is -2.46. The first-order valence-electron chi connectivity index (χ1n) is 7.83. The molecule has 0 spiro atoms. The SMILES string of the molecule is CCCCCCCCCC(F)(F)C(=O)NC1CCOC1=O. The zero-order valence-corrected chi connectivity index (χ0v) is 12.6. The summed E-state index contributed by atoms with van der Waals surface area (Å²) in [7, 11) is 0. The van der Waals surface area contributed by atoms with Crippen LogP contribution in [0.3, 0.4) is 0 Å². The standard InChI is InChI=1S/C15H25F2NO3/c1-2-3-4-5-6-7-8-10-15(16,17)14(20)18-12-9-11-21-13(12)19/h12H,2-11H2,1H3,(H,18,20). The van der Waals surface area contributed by atoms with Crippen LogP contribution in [0.15, 0.2) is 0 Å². The highest BCUT2D eigenvalue weighted by atomic mass is 19.3. The van der Waals surface area contributed by atoms with Gasteiger partial charge in [0.25, 0.3) is 5.91 Å². The molecule has 6 heteroatoms. The number of halogens is 2. The van der Waals surface area contributed by atoms with Gasteiger partial charge in [0.2, 0.25) is 0 Å². The van der Waals surface area contributed by atoms with E-state index >= 15 is 0 Å². The van der Waals surface area contributed by atoms with Crippen molar-refractivity contribution in [1.29, 1.82) is 0 Å². The Balaban J connectivity index is 2.19. The van der Waals surface area contributed by atoms with E-state index in [1.54, 1.807) is 0 Å². The topological polar surface area (TPSA) is 55.4 Å². The molecule has 0 radical (unpaired) electrons. The summed E-state index contributed by atoms with van der Waals surface area (Å²) in [5.74, 6) is -5.40. The zero-order chi connectivity index (χ0) is 15.7. The van der Waals surface area contributed by atoms with E-state index in [1.807, 2.05) is 0 Å². The summed E-state index contributed by atoms with van der Waals surface area (Å²) >= 11 is 0. The molecule has 4 nitrogen and oxygen atoms in total. The molecule has 0 aromatic carbocycles. The summed E-state index contributed by atoms with van der Waals surface area (Å²) in [5, 5.41) is 2.07. The van der Waals surface area contributed by atoms with Crippen LogP contribution in [0.1, 0.15) is 64.7 Å². The van der Waals surface area contributed by atoms with Gasteiger partial charge in [0.15, 0.2) is 0 Å². The van der Waals surface area contributed by atoms with Crippen LogP contribution in [0.2, 0.25) is 0 Å². The molecule has 1 aliphatic rings. The number of hydrogen-bond acceptors (Lipinski definition) is 3. The first-order valence-corrected chi connectivity index (χ1v) is 7.83. The van der Waals surface area contributed by atoms with Gasteiger partial charge in [-0.25, -0.2) is 4.79 Å². The molecular formula is C15H25F2NO3. The molecular weight excluding hydrogens is 280 g/mol. The van der Waals surface area contributed by atoms with Gasteiger partial charge in [-0.15, -0.1) is 0 Å². The molecule has 0 saturated carbocycles. The Morgan fingerprint density at radius 2 is 1.86 bits per heavy atom. The molecule has 1 unspecified atom stereocenters. The molecule has 1 fully saturated rings. The van der Waals surface area contributed by atoms with Crippen molar-refractivity contribution < 1.29 is 23.1 Å². The summed E-state index contributed by atoms with van der Waals surface area (Å²) in [6, 6.07) is -0.919. The van der Waals surface area contributed by atoms with Gasteiger partial charge in [-0.1, -0.05) is 45.4 Å². The van der Waals surface area contributed by atoms with E-state index in [4.69, 9.17) is 0 Å². The number of unbranched alkanes of at least 4 members (excludes halogenated alkanes) is 6. The second-order valence-corrected chi connectivity index (χ2v) is 5.56. The number of ether oxygens (including phenoxy) is 1. The Labute approximate surface area is 124 Å². The van der Waals surface area contributed by atoms with Gasteiger partial charge in [-0.3, -0.25) is 4.79 Å². The van der Waals surface area contributed by atoms with Crippen LogP contribution in [0.25, 0.3) is 0 Å². The molecule has 1 N–H and O–H groups in total. The Morgan fingerprint density at radius 3 is 2.43 bits per heavy atom. The first kappa shape index (κ1) is 17.9. The average molecular weight is 305 g/mol. The lowest BCUT2D eigenvalue weighted by molar-refractivity contribution is -0.150. The fourth-order valence-corrected chi connectivity index (χ4v) is 2.31. The fourth-order valence-electron chi connectivity index (χ4n) is 2.31. The molecule has 1 heterocycles. The molecule has 122 valence electrons. The number of carbonyl (C=O) groups is 2. The van der Waals surface area contributed by atoms with E-state index in [9.17, 15) is 18.4 Å². The minimum Gasteiger partial charge on any atom is -0.464 e. The van der Waals surface area contributed by atoms with Crippen molar-refractivity contribution in [2.45, 2.75) is 76.7 Å². The van der Waals surface area contributed by atoms with E-state index in [1.165, 1.54) is 6.42 Å². The molecule has 0 bridgehead atoms. The fraction of sp³-hybridized carbons (Fsp3) is 0.867. The largest absolute Gasteiger partial charge is 0.464 e. The number of carbonyl (C=O) groups excluding carboxylic acids is 2. The monoisotopic (exact) mass is 305 g/mol. The number of nitrogens with one attached hydrogen (secondary N) is 1. The maximum Gasteiger partial charge on any atom is 0.328 e. The van der Waals surface area contributed by atoms with E-state index in [0.717, 1.165) is 25.7 Å². The minimum atomic E-state index is -3.41. The summed E-state index contributed by atoms with van der Waals surface area (Å²) in [4.78, 5) is 22.6. The number of amides is 1. The molecule has 1 aliphatic heterocycles. The molecule has 1 saturated heterocycles. The molecule has 1 rings (SSSR count). The highest BCUT2D eigenvalue weighted by Crippen LogP contribution is 2.23. The van der Waals surface area contributed by atoms with Crippen molar-refractivity contribution in [3.63, 3.8) is 0 Å². The summed E-state index contributed by atoms with van der Waals surface area (Å²) in [5.41, 5.74) is 0. The van der Waals surface area contributed by atoms with Crippen LogP contribution in [-0.2, 0) is 14.3 Å². The normalized spacial score (nSPS) is 18.6. The quantitative estimate of drug-likeness (QED) is 0.498. The van der Waals surface area contributed by atoms with Crippen molar-refractivity contribution in [2.75, 3.05) is 6.61 Å². The van der Waals surface area contributed by atoms with E-state index < -0.39 is 30.3 Å². The Morgan fingerprint density at radius 1 is 1.24 bits per heavy atom. The smallest absolute Gasteiger partial charge is 0.328 e. The minimum absolute atomic E-state index is 0.174. The van der Waals surface area contributed by atoms with Gasteiger partial charge in [0, 0.05) is 12.8 Å². The van der Waals surface area contributed by atoms with Crippen LogP contribution in [-0.4, -0.2) is 30.4 Å². The second kappa shape index (κ2) is 8.95. The van der Waals surface area contributed by atoms with Gasteiger partial charge in [-0.2, -0.15) is 8.78 Å². The van der Waals surface area contributed by atoms with Crippen LogP contribution in [0, 0.1) is 0 Å². The number of hydrogen-bond donors (Lipinski definition) is 1. The lowest BCUT2D eigenvalue weighted by atomic mass is 10.1. The van der Waals surface area contributed by atoms with Gasteiger partial charge < -0.3 is 10.1 Å². The maximum absolute atomic E-state index is 13.7. The summed E-state index contributed by atoms with van der Waals surface area (Å²) in [6.45, 7) is 2.30. The van der Waals surface area contributed by atoms with Crippen molar-refractivity contribution in [3.8, 4) is 0 Å². The van der Waals surface area contributed by atoms with E-state index in [-0.39, 0.29) is 13.0 Å². The van der Waals surface area contributed by atoms with Gasteiger partial charge in [-0.05, 0) is 6.42 Å². The number of rotatable bonds is 10. The number of cyclic esters (lactones) is 1. The number of alkyl halides is 2. The van der Waals surface area contributed by atoms with Crippen LogP contribution < -0.4 is 5.32 Å². The van der Waals surface area contributed by atoms with Crippen molar-refractivity contribution in [2.24, 2.45) is 0 Å². The third kappa shape index (κ3) is 6.40. The second-order valence-electron chi connectivity index (χ2n) is 5.56. The zero-order valence-electron chi connectivity index (χ0n) is 12.6. The van der Waals surface area contributed by atoms with Crippen molar-refractivity contribution in [3.05, 3.63) is 0 Å². The van der Waals surface area contributed by atoms with E-state index in [0.29, 0.717) is 12.8 Å². The third-order valence-electron chi connectivity index (χ3n) is 3.67. The average Bonchev–Trinajstić information content (AvgIpc) is 2.83.